The van der Waals surface area contributed by atoms with Gasteiger partial charge in [0.25, 0.3) is 0 Å². The van der Waals surface area contributed by atoms with E-state index in [2.05, 4.69) is 10.4 Å². The number of anilines is 1. The van der Waals surface area contributed by atoms with E-state index in [0.29, 0.717) is 12.2 Å². The third-order valence-electron chi connectivity index (χ3n) is 2.72. The molecule has 0 spiro atoms. The van der Waals surface area contributed by atoms with Crippen LogP contribution in [0, 0.1) is 0 Å². The molecule has 1 atom stereocenters. The number of hydrogen-bond acceptors (Lipinski definition) is 4. The molecule has 0 aliphatic carbocycles. The molecule has 1 unspecified atom stereocenters. The number of carbonyl (C=O) groups excluding carboxylic acids is 1. The van der Waals surface area contributed by atoms with Crippen molar-refractivity contribution in [3.8, 4) is 0 Å². The van der Waals surface area contributed by atoms with Crippen LogP contribution in [0.5, 0.6) is 0 Å². The van der Waals surface area contributed by atoms with Gasteiger partial charge in [-0.3, -0.25) is 9.48 Å². The molecule has 1 aromatic heterocycles. The van der Waals surface area contributed by atoms with E-state index in [1.807, 2.05) is 0 Å². The number of ether oxygens (including phenoxy) is 1. The lowest BCUT2D eigenvalue weighted by atomic mass is 10.2. The quantitative estimate of drug-likeness (QED) is 0.746. The Kier molecular flexibility index (Phi) is 4.49. The molecule has 0 radical (unpaired) electrons. The maximum Gasteiger partial charge on any atom is 0.248 e. The van der Waals surface area contributed by atoms with Crippen LogP contribution >= 0.6 is 0 Å². The second-order valence-electron chi connectivity index (χ2n) is 4.21. The maximum absolute atomic E-state index is 11.4. The Morgan fingerprint density at radius 3 is 3.33 bits per heavy atom. The smallest absolute Gasteiger partial charge is 0.248 e. The van der Waals surface area contributed by atoms with Gasteiger partial charge in [0.2, 0.25) is 5.91 Å². The lowest BCUT2D eigenvalue weighted by molar-refractivity contribution is -0.111. The third-order valence-corrected chi connectivity index (χ3v) is 2.72. The van der Waals surface area contributed by atoms with Crippen LogP contribution in [0.4, 0.5) is 5.69 Å². The molecule has 1 aromatic rings. The summed E-state index contributed by atoms with van der Waals surface area (Å²) in [6, 6.07) is 0. The largest absolute Gasteiger partial charge is 0.376 e. The molecule has 0 bridgehead atoms. The fraction of sp³-hybridized carbons (Fsp3) is 0.500. The van der Waals surface area contributed by atoms with Gasteiger partial charge in [0, 0.05) is 25.4 Å². The first kappa shape index (κ1) is 12.8. The van der Waals surface area contributed by atoms with Gasteiger partial charge in [-0.2, -0.15) is 5.10 Å². The second-order valence-corrected chi connectivity index (χ2v) is 4.21. The monoisotopic (exact) mass is 250 g/mol. The van der Waals surface area contributed by atoms with E-state index in [1.165, 1.54) is 6.08 Å². The number of nitrogens with zero attached hydrogens (tertiary/aromatic N) is 2. The molecule has 98 valence electrons. The van der Waals surface area contributed by atoms with E-state index in [0.717, 1.165) is 26.0 Å². The van der Waals surface area contributed by atoms with Crippen molar-refractivity contribution in [2.24, 2.45) is 5.73 Å². The zero-order valence-electron chi connectivity index (χ0n) is 10.2. The molecule has 1 saturated heterocycles. The molecule has 3 N–H and O–H groups in total. The normalized spacial score (nSPS) is 19.5. The summed E-state index contributed by atoms with van der Waals surface area (Å²) in [5.74, 6) is -0.197. The van der Waals surface area contributed by atoms with E-state index in [9.17, 15) is 4.79 Å². The third kappa shape index (κ3) is 3.68. The summed E-state index contributed by atoms with van der Waals surface area (Å²) in [6.07, 6.45) is 8.87. The summed E-state index contributed by atoms with van der Waals surface area (Å²) in [4.78, 5) is 11.4. The number of nitrogens with two attached hydrogens (primary N) is 1. The van der Waals surface area contributed by atoms with Crippen molar-refractivity contribution in [2.45, 2.75) is 25.5 Å². The number of aromatic nitrogens is 2. The van der Waals surface area contributed by atoms with Gasteiger partial charge < -0.3 is 15.8 Å². The standard InChI is InChI=1S/C12H18N4O2/c13-5-1-4-12(17)15-10-7-14-16(8-10)9-11-3-2-6-18-11/h1,4,7-8,11H,2-3,5-6,9,13H2,(H,15,17)/b4-1+. The summed E-state index contributed by atoms with van der Waals surface area (Å²) >= 11 is 0. The van der Waals surface area contributed by atoms with Gasteiger partial charge in [0.1, 0.15) is 0 Å². The number of rotatable bonds is 5. The van der Waals surface area contributed by atoms with Crippen molar-refractivity contribution in [3.05, 3.63) is 24.5 Å². The van der Waals surface area contributed by atoms with E-state index in [4.69, 9.17) is 10.5 Å². The number of nitrogens with one attached hydrogen (secondary N) is 1. The van der Waals surface area contributed by atoms with E-state index < -0.39 is 0 Å². The zero-order valence-corrected chi connectivity index (χ0v) is 10.2. The van der Waals surface area contributed by atoms with Crippen LogP contribution in [0.15, 0.2) is 24.5 Å². The fourth-order valence-electron chi connectivity index (χ4n) is 1.88. The molecule has 1 aliphatic heterocycles. The van der Waals surface area contributed by atoms with Crippen LogP contribution in [0.3, 0.4) is 0 Å². The van der Waals surface area contributed by atoms with Gasteiger partial charge >= 0.3 is 0 Å². The summed E-state index contributed by atoms with van der Waals surface area (Å²) in [7, 11) is 0. The first-order valence-corrected chi connectivity index (χ1v) is 6.09. The topological polar surface area (TPSA) is 82.2 Å². The molecule has 2 heterocycles. The highest BCUT2D eigenvalue weighted by Crippen LogP contribution is 2.14. The van der Waals surface area contributed by atoms with Crippen molar-refractivity contribution < 1.29 is 9.53 Å². The fourth-order valence-corrected chi connectivity index (χ4v) is 1.88. The van der Waals surface area contributed by atoms with Crippen LogP contribution in [-0.2, 0) is 16.1 Å². The highest BCUT2D eigenvalue weighted by molar-refractivity contribution is 5.99. The Morgan fingerprint density at radius 2 is 2.61 bits per heavy atom. The molecule has 1 aliphatic rings. The van der Waals surface area contributed by atoms with Crippen LogP contribution in [0.25, 0.3) is 0 Å². The highest BCUT2D eigenvalue weighted by Gasteiger charge is 2.16. The van der Waals surface area contributed by atoms with Crippen LogP contribution in [0.1, 0.15) is 12.8 Å². The Bertz CT molecular complexity index is 421. The number of amides is 1. The minimum Gasteiger partial charge on any atom is -0.376 e. The molecule has 1 fully saturated rings. The van der Waals surface area contributed by atoms with Gasteiger partial charge in [-0.1, -0.05) is 6.08 Å². The highest BCUT2D eigenvalue weighted by atomic mass is 16.5. The average molecular weight is 250 g/mol. The molecule has 0 aromatic carbocycles. The number of hydrogen-bond donors (Lipinski definition) is 2. The molecule has 6 nitrogen and oxygen atoms in total. The minimum absolute atomic E-state index is 0.197. The first-order valence-electron chi connectivity index (χ1n) is 6.09. The molecular weight excluding hydrogens is 232 g/mol. The van der Waals surface area contributed by atoms with Crippen molar-refractivity contribution >= 4 is 11.6 Å². The van der Waals surface area contributed by atoms with Gasteiger partial charge in [0.15, 0.2) is 0 Å². The predicted octanol–water partition coefficient (Wildman–Crippen LogP) is 0.515. The van der Waals surface area contributed by atoms with Crippen molar-refractivity contribution in [1.29, 1.82) is 0 Å². The summed E-state index contributed by atoms with van der Waals surface area (Å²) in [5.41, 5.74) is 5.95. The van der Waals surface area contributed by atoms with Gasteiger partial charge in [-0.15, -0.1) is 0 Å². The molecule has 2 rings (SSSR count). The Balaban J connectivity index is 1.85. The van der Waals surface area contributed by atoms with Crippen molar-refractivity contribution in [3.63, 3.8) is 0 Å². The summed E-state index contributed by atoms with van der Waals surface area (Å²) < 4.78 is 7.32. The lowest BCUT2D eigenvalue weighted by Crippen LogP contribution is -2.15. The van der Waals surface area contributed by atoms with Crippen molar-refractivity contribution in [2.75, 3.05) is 18.5 Å². The molecule has 18 heavy (non-hydrogen) atoms. The second kappa shape index (κ2) is 6.32. The van der Waals surface area contributed by atoms with E-state index in [-0.39, 0.29) is 12.0 Å². The number of carbonyl (C=O) groups is 1. The lowest BCUT2D eigenvalue weighted by Gasteiger charge is -2.08. The Hall–Kier alpha value is -1.66. The SMILES string of the molecule is NC/C=C/C(=O)Nc1cnn(CC2CCCO2)c1. The summed E-state index contributed by atoms with van der Waals surface area (Å²) in [5, 5.41) is 6.90. The molecule has 6 heteroatoms. The predicted molar refractivity (Wildman–Crippen MR) is 68.0 cm³/mol. The molecule has 0 saturated carbocycles. The molecule has 1 amide bonds. The average Bonchev–Trinajstić information content (AvgIpc) is 2.99. The van der Waals surface area contributed by atoms with E-state index >= 15 is 0 Å². The van der Waals surface area contributed by atoms with Gasteiger partial charge in [-0.25, -0.2) is 0 Å². The first-order chi connectivity index (χ1) is 8.78. The van der Waals surface area contributed by atoms with Crippen LogP contribution in [-0.4, -0.2) is 34.9 Å². The zero-order chi connectivity index (χ0) is 12.8. The van der Waals surface area contributed by atoms with Gasteiger partial charge in [-0.05, 0) is 12.8 Å². The van der Waals surface area contributed by atoms with E-state index in [1.54, 1.807) is 23.2 Å². The Morgan fingerprint density at radius 1 is 1.72 bits per heavy atom. The van der Waals surface area contributed by atoms with Crippen molar-refractivity contribution in [1.82, 2.24) is 9.78 Å². The van der Waals surface area contributed by atoms with Crippen LogP contribution < -0.4 is 11.1 Å². The van der Waals surface area contributed by atoms with Crippen LogP contribution in [0.2, 0.25) is 0 Å². The molecular formula is C12H18N4O2. The Labute approximate surface area is 106 Å². The summed E-state index contributed by atoms with van der Waals surface area (Å²) in [6.45, 7) is 1.92. The van der Waals surface area contributed by atoms with Gasteiger partial charge in [0.05, 0.1) is 24.5 Å². The minimum atomic E-state index is -0.197. The maximum atomic E-state index is 11.4.